The van der Waals surface area contributed by atoms with Crippen LogP contribution in [-0.2, 0) is 46.7 Å². The van der Waals surface area contributed by atoms with Gasteiger partial charge in [-0.15, -0.1) is 9.13 Å². The molecule has 27 rings (SSSR count). The van der Waals surface area contributed by atoms with Crippen LogP contribution in [0.1, 0.15) is 31.9 Å². The summed E-state index contributed by atoms with van der Waals surface area (Å²) in [6.45, 7) is 1.39. The number of hydrogen-bond acceptors (Lipinski definition) is 16. The minimum absolute atomic E-state index is 0.578. The van der Waals surface area contributed by atoms with Crippen LogP contribution >= 0.6 is 11.3 Å². The number of benzene rings is 2. The van der Waals surface area contributed by atoms with Crippen molar-refractivity contribution in [2.24, 2.45) is 14.0 Å². The van der Waals surface area contributed by atoms with Crippen molar-refractivity contribution in [3.05, 3.63) is 272 Å². The molecule has 0 radical (unpaired) electrons. The van der Waals surface area contributed by atoms with Gasteiger partial charge in [0.15, 0.2) is 58.0 Å². The zero-order valence-corrected chi connectivity index (χ0v) is 58.4. The van der Waals surface area contributed by atoms with Crippen molar-refractivity contribution in [1.82, 2.24) is 68.1 Å². The summed E-state index contributed by atoms with van der Waals surface area (Å²) in [7, 11) is 2.05. The van der Waals surface area contributed by atoms with Crippen LogP contribution in [0.2, 0.25) is 0 Å². The number of imidazole rings is 1. The number of oxazole rings is 4. The topological polar surface area (TPSA) is 234 Å². The molecule has 22 aromatic rings. The highest BCUT2D eigenvalue weighted by molar-refractivity contribution is 7.25. The van der Waals surface area contributed by atoms with Gasteiger partial charge in [0.05, 0.1) is 86.8 Å². The number of hydrogen-bond donors (Lipinski definition) is 0. The van der Waals surface area contributed by atoms with E-state index in [4.69, 9.17) is 26.2 Å². The van der Waals surface area contributed by atoms with Crippen molar-refractivity contribution in [1.29, 1.82) is 0 Å². The first-order valence-electron chi connectivity index (χ1n) is 36.8. The average Bonchev–Trinajstić information content (AvgIpc) is 1.67. The Morgan fingerprint density at radius 3 is 1.43 bits per heavy atom. The molecule has 24 nitrogen and oxygen atoms in total. The number of aromatic nitrogens is 19. The van der Waals surface area contributed by atoms with Crippen molar-refractivity contribution in [3.8, 4) is 69.2 Å². The number of aryl methyl sites for hydroxylation is 2. The Kier molecular flexibility index (Phi) is 12.4. The molecule has 0 aliphatic carbocycles. The molecule has 2 aromatic carbocycles. The number of rotatable bonds is 2. The maximum atomic E-state index is 8.22. The van der Waals surface area contributed by atoms with Crippen molar-refractivity contribution < 1.29 is 49.0 Å². The van der Waals surface area contributed by atoms with Crippen LogP contribution in [0, 0.1) is 0 Å². The van der Waals surface area contributed by atoms with Gasteiger partial charge in [0.1, 0.15) is 35.7 Å². The third-order valence-electron chi connectivity index (χ3n) is 21.1. The summed E-state index contributed by atoms with van der Waals surface area (Å²) in [5, 5.41) is 5.10. The molecular weight excluding hydrogens is 1390 g/mol. The van der Waals surface area contributed by atoms with E-state index in [1.54, 1.807) is 60.9 Å². The highest BCUT2D eigenvalue weighted by atomic mass is 32.1. The summed E-state index contributed by atoms with van der Waals surface area (Å²) in [5.41, 5.74) is 23.9. The predicted molar refractivity (Wildman–Crippen MR) is 405 cm³/mol. The van der Waals surface area contributed by atoms with Gasteiger partial charge in [-0.3, -0.25) is 29.5 Å². The number of para-hydroxylation sites is 2. The Morgan fingerprint density at radius 1 is 0.358 bits per heavy atom. The van der Waals surface area contributed by atoms with Crippen LogP contribution < -0.4 is 22.8 Å². The maximum absolute atomic E-state index is 8.22. The molecule has 25 heteroatoms. The van der Waals surface area contributed by atoms with E-state index in [2.05, 4.69) is 118 Å². The Balaban J connectivity index is 0.0000000843. The van der Waals surface area contributed by atoms with Crippen LogP contribution in [0.15, 0.2) is 267 Å². The average molecular weight is 1450 g/mol. The van der Waals surface area contributed by atoms with Crippen molar-refractivity contribution in [2.45, 2.75) is 32.7 Å². The van der Waals surface area contributed by atoms with Gasteiger partial charge in [-0.1, -0.05) is 65.9 Å². The molecule has 5 aliphatic rings. The van der Waals surface area contributed by atoms with E-state index >= 15 is 0 Å². The van der Waals surface area contributed by atoms with E-state index in [1.807, 2.05) is 170 Å². The predicted octanol–water partition coefficient (Wildman–Crippen LogP) is 13.8. The fraction of sp³-hybridized carbons (Fsp3) is 0.0833. The van der Waals surface area contributed by atoms with Crippen LogP contribution in [0.25, 0.3) is 178 Å². The zero-order valence-electron chi connectivity index (χ0n) is 60.6. The fourth-order valence-corrected chi connectivity index (χ4v) is 17.4. The zero-order chi connectivity index (χ0) is 74.2. The highest BCUT2D eigenvalue weighted by Crippen LogP contribution is 2.42. The van der Waals surface area contributed by atoms with Crippen molar-refractivity contribution in [2.75, 3.05) is 0 Å². The minimum Gasteiger partial charge on any atom is -0.412 e. The second-order valence-corrected chi connectivity index (χ2v) is 28.1. The van der Waals surface area contributed by atoms with E-state index in [-0.39, 0.29) is 0 Å². The third kappa shape index (κ3) is 8.94. The van der Waals surface area contributed by atoms with E-state index < -0.39 is 6.98 Å². The maximum Gasteiger partial charge on any atom is 0.422 e. The first-order valence-corrected chi connectivity index (χ1v) is 36.2. The normalized spacial score (nSPS) is 13.4. The lowest BCUT2D eigenvalue weighted by Crippen LogP contribution is -2.33. The largest absolute Gasteiger partial charge is 0.422 e. The van der Waals surface area contributed by atoms with Crippen LogP contribution in [0.3, 0.4) is 0 Å². The van der Waals surface area contributed by atoms with E-state index in [1.165, 1.54) is 21.3 Å². The number of furan rings is 1. The van der Waals surface area contributed by atoms with E-state index in [0.29, 0.717) is 17.7 Å². The van der Waals surface area contributed by atoms with Crippen LogP contribution in [0.5, 0.6) is 0 Å². The molecule has 518 valence electrons. The molecule has 0 N–H and O–H groups in total. The second-order valence-electron chi connectivity index (χ2n) is 27.0. The molecule has 0 amide bonds. The fourth-order valence-electron chi connectivity index (χ4n) is 16.3. The Labute approximate surface area is 622 Å². The van der Waals surface area contributed by atoms with Gasteiger partial charge in [-0.2, -0.15) is 13.7 Å². The van der Waals surface area contributed by atoms with E-state index in [0.717, 1.165) is 204 Å². The molecule has 0 unspecified atom stereocenters. The number of nitrogens with zero attached hydrogens (tertiary/aromatic N) is 19. The quantitative estimate of drug-likeness (QED) is 0.146. The van der Waals surface area contributed by atoms with E-state index in [9.17, 15) is 0 Å². The Bertz CT molecular complexity index is 7520. The lowest BCUT2D eigenvalue weighted by atomic mass is 10.2. The van der Waals surface area contributed by atoms with Crippen LogP contribution in [-0.4, -0.2) is 68.1 Å². The van der Waals surface area contributed by atoms with Gasteiger partial charge in [0.2, 0.25) is 16.7 Å². The molecule has 0 saturated carbocycles. The second kappa shape index (κ2) is 23.5. The molecular formula is C84H56N19O5S+5. The lowest BCUT2D eigenvalue weighted by Gasteiger charge is -2.03. The molecule has 0 saturated heterocycles. The van der Waals surface area contributed by atoms with Gasteiger partial charge >= 0.3 is 45.4 Å². The summed E-state index contributed by atoms with van der Waals surface area (Å²) < 4.78 is 74.7. The number of fused-ring (bicyclic) bond motifs is 35. The third-order valence-corrected chi connectivity index (χ3v) is 22.2. The summed E-state index contributed by atoms with van der Waals surface area (Å²) in [6.07, 6.45) is 26.8. The summed E-state index contributed by atoms with van der Waals surface area (Å²) in [5.74, 6) is 4.20. The number of pyridine rings is 10. The summed E-state index contributed by atoms with van der Waals surface area (Å²) >= 11 is 1.72. The molecule has 25 heterocycles. The minimum atomic E-state index is -2.34. The van der Waals surface area contributed by atoms with Gasteiger partial charge in [-0.05, 0) is 97.1 Å². The number of thiophene rings is 1. The molecule has 20 aromatic heterocycles. The summed E-state index contributed by atoms with van der Waals surface area (Å²) in [6, 6.07) is 50.3. The standard InChI is InChI=1S/C21H16N5.C20H13N4O.C15H11N4O.C14H8N3O2.C14H8N3OS/c1-24-17-12-22-11-9-16(17)19-21(24)25-13-14-6-5-10-23-18(14)20(25)26(19)15-7-3-2-4-8-15;1-2-6-14(7-3-1)24-16-11-21-10-8-15(16)18-19(24)23-12-13-5-4-9-22-17(13)20(23)25-18;1-18-11-7-16-6-4-10(11)13-14(18)19-8-9-3-2-5-17-12(9)15(19)20-13;1-2-8-7-17-13(11(8)16-4-1)19-12-9-3-5-15-6-10(9)18-14(12)17;1-2-8-7-17-13(11(8)16-4-1)18-12-9-3-5-15-6-10(9)19-14(12)17/h2-12H,13H2,1H3;1-11H,12H2;2-7H,8H2,1H3;2*1-6H,7H2/q5*+1/i1D3;;;;. The molecule has 5 aliphatic heterocycles. The summed E-state index contributed by atoms with van der Waals surface area (Å²) in [4.78, 5) is 44.5. The monoisotopic (exact) mass is 1450 g/mol. The van der Waals surface area contributed by atoms with Gasteiger partial charge in [0, 0.05) is 90.2 Å². The first kappa shape index (κ1) is 57.8. The smallest absolute Gasteiger partial charge is 0.412 e. The van der Waals surface area contributed by atoms with Crippen LogP contribution in [0.4, 0.5) is 0 Å². The lowest BCUT2D eigenvalue weighted by molar-refractivity contribution is -0.655. The Morgan fingerprint density at radius 2 is 0.807 bits per heavy atom. The highest BCUT2D eigenvalue weighted by Gasteiger charge is 2.43. The molecule has 0 bridgehead atoms. The molecule has 0 spiro atoms. The van der Waals surface area contributed by atoms with Gasteiger partial charge < -0.3 is 22.1 Å². The molecule has 109 heavy (non-hydrogen) atoms. The van der Waals surface area contributed by atoms with Gasteiger partial charge in [0.25, 0.3) is 17.1 Å². The molecule has 0 atom stereocenters. The SMILES string of the molecule is Cn1c2cnccc2c2oc3[n+](c21)Cc1cccnc1-3.[2H]C([2H])([2H])n1c2cnccc2c2c1[n+]1c(n2-c2ccccc2)-c2ncccc2C1.c1ccc(-n2c3cnccc3c3oc4[n+](c32)Cc2cccnc2-4)cc1.c1cnc2c(c1)C[n+]1c-2oc2c3ccncc3oc21.c1cnc2c(c1)C[n+]1c-2oc2c3ccncc3sc21. The van der Waals surface area contributed by atoms with Crippen molar-refractivity contribution in [3.63, 3.8) is 0 Å². The molecule has 0 fully saturated rings. The van der Waals surface area contributed by atoms with Gasteiger partial charge in [-0.25, -0.2) is 38.6 Å². The first-order chi connectivity index (χ1) is 55.1. The van der Waals surface area contributed by atoms with Crippen molar-refractivity contribution >= 4 is 120 Å². The Hall–Kier alpha value is -14.6.